The first-order valence-electron chi connectivity index (χ1n) is 7.69. The quantitative estimate of drug-likeness (QED) is 0.518. The Labute approximate surface area is 146 Å². The lowest BCUT2D eigenvalue weighted by Crippen LogP contribution is -1.94. The van der Waals surface area contributed by atoms with Gasteiger partial charge in [-0.05, 0) is 30.3 Å². The molecule has 2 aromatic heterocycles. The summed E-state index contributed by atoms with van der Waals surface area (Å²) in [5, 5.41) is 4.66. The number of rotatable bonds is 4. The average molecular weight is 354 g/mol. The van der Waals surface area contributed by atoms with Crippen molar-refractivity contribution in [2.45, 2.75) is 0 Å². The van der Waals surface area contributed by atoms with E-state index < -0.39 is 17.4 Å². The fourth-order valence-corrected chi connectivity index (χ4v) is 2.59. The lowest BCUT2D eigenvalue weighted by Gasteiger charge is -2.07. The molecule has 0 atom stereocenters. The smallest absolute Gasteiger partial charge is 0.261 e. The number of para-hydroxylation sites is 2. The molecule has 0 aliphatic rings. The van der Waals surface area contributed by atoms with Gasteiger partial charge >= 0.3 is 0 Å². The molecule has 2 aromatic carbocycles. The molecule has 0 aliphatic heterocycles. The van der Waals surface area contributed by atoms with E-state index in [2.05, 4.69) is 10.1 Å². The molecule has 0 amide bonds. The van der Waals surface area contributed by atoms with E-state index in [0.717, 1.165) is 17.7 Å². The van der Waals surface area contributed by atoms with Crippen molar-refractivity contribution in [1.29, 1.82) is 0 Å². The average Bonchev–Trinajstić information content (AvgIpc) is 3.08. The largest absolute Gasteiger partial charge is 0.496 e. The molecule has 4 aromatic rings. The van der Waals surface area contributed by atoms with Crippen molar-refractivity contribution in [1.82, 2.24) is 10.1 Å². The van der Waals surface area contributed by atoms with E-state index in [1.807, 2.05) is 24.3 Å². The summed E-state index contributed by atoms with van der Waals surface area (Å²) in [7, 11) is 1.56. The van der Waals surface area contributed by atoms with Crippen molar-refractivity contribution < 1.29 is 22.8 Å². The summed E-state index contributed by atoms with van der Waals surface area (Å²) in [4.78, 5) is 4.13. The molecule has 0 bridgehead atoms. The van der Waals surface area contributed by atoms with Crippen LogP contribution in [0.4, 0.5) is 8.78 Å². The monoisotopic (exact) mass is 354 g/mol. The van der Waals surface area contributed by atoms with Crippen molar-refractivity contribution >= 4 is 11.1 Å². The van der Waals surface area contributed by atoms with E-state index in [1.54, 1.807) is 13.2 Å². The van der Waals surface area contributed by atoms with Gasteiger partial charge in [0, 0.05) is 11.6 Å². The van der Waals surface area contributed by atoms with E-state index in [0.29, 0.717) is 16.8 Å². The highest BCUT2D eigenvalue weighted by molar-refractivity contribution is 5.91. The number of pyridine rings is 1. The Morgan fingerprint density at radius 1 is 0.923 bits per heavy atom. The highest BCUT2D eigenvalue weighted by Crippen LogP contribution is 2.35. The molecule has 7 heteroatoms. The third kappa shape index (κ3) is 2.73. The van der Waals surface area contributed by atoms with Gasteiger partial charge in [-0.2, -0.15) is 4.98 Å². The summed E-state index contributed by atoms with van der Waals surface area (Å²) in [5.74, 6) is -1.54. The molecule has 26 heavy (non-hydrogen) atoms. The number of benzene rings is 2. The fourth-order valence-electron chi connectivity index (χ4n) is 2.59. The Kier molecular flexibility index (Phi) is 3.96. The van der Waals surface area contributed by atoms with Crippen molar-refractivity contribution in [3.05, 3.63) is 66.2 Å². The predicted octanol–water partition coefficient (Wildman–Crippen LogP) is 4.97. The molecule has 130 valence electrons. The Morgan fingerprint density at radius 2 is 1.69 bits per heavy atom. The summed E-state index contributed by atoms with van der Waals surface area (Å²) in [6.45, 7) is 0. The second-order valence-corrected chi connectivity index (χ2v) is 5.39. The van der Waals surface area contributed by atoms with Gasteiger partial charge < -0.3 is 14.0 Å². The van der Waals surface area contributed by atoms with Gasteiger partial charge in [0.15, 0.2) is 11.6 Å². The molecule has 0 fully saturated rings. The Hall–Kier alpha value is -3.48. The van der Waals surface area contributed by atoms with Gasteiger partial charge in [0.2, 0.25) is 11.6 Å². The van der Waals surface area contributed by atoms with Crippen LogP contribution < -0.4 is 9.47 Å². The SMILES string of the molecule is COc1ccccc1-c1noc2nc(Oc3c(F)cccc3F)ccc12. The molecule has 0 unspecified atom stereocenters. The van der Waals surface area contributed by atoms with Crippen molar-refractivity contribution in [3.63, 3.8) is 0 Å². The second kappa shape index (κ2) is 6.44. The van der Waals surface area contributed by atoms with E-state index in [-0.39, 0.29) is 11.6 Å². The Morgan fingerprint density at radius 3 is 2.46 bits per heavy atom. The molecule has 2 heterocycles. The van der Waals surface area contributed by atoms with E-state index in [1.165, 1.54) is 12.1 Å². The van der Waals surface area contributed by atoms with Gasteiger partial charge in [-0.3, -0.25) is 0 Å². The van der Waals surface area contributed by atoms with Gasteiger partial charge in [0.05, 0.1) is 12.5 Å². The zero-order valence-electron chi connectivity index (χ0n) is 13.6. The predicted molar refractivity (Wildman–Crippen MR) is 90.2 cm³/mol. The van der Waals surface area contributed by atoms with E-state index >= 15 is 0 Å². The van der Waals surface area contributed by atoms with Crippen LogP contribution in [0.1, 0.15) is 0 Å². The Balaban J connectivity index is 1.74. The van der Waals surface area contributed by atoms with E-state index in [4.69, 9.17) is 14.0 Å². The van der Waals surface area contributed by atoms with Crippen molar-refractivity contribution in [2.75, 3.05) is 7.11 Å². The van der Waals surface area contributed by atoms with Crippen LogP contribution in [0.3, 0.4) is 0 Å². The minimum atomic E-state index is -0.820. The molecule has 0 radical (unpaired) electrons. The topological polar surface area (TPSA) is 57.4 Å². The molecule has 0 saturated carbocycles. The highest BCUT2D eigenvalue weighted by Gasteiger charge is 2.17. The number of nitrogens with zero attached hydrogens (tertiary/aromatic N) is 2. The van der Waals surface area contributed by atoms with Gasteiger partial charge in [-0.15, -0.1) is 0 Å². The lowest BCUT2D eigenvalue weighted by atomic mass is 10.1. The first-order valence-corrected chi connectivity index (χ1v) is 7.69. The molecule has 0 saturated heterocycles. The molecule has 0 N–H and O–H groups in total. The first kappa shape index (κ1) is 16.0. The fraction of sp³-hybridized carbons (Fsp3) is 0.0526. The maximum absolute atomic E-state index is 13.7. The van der Waals surface area contributed by atoms with Crippen LogP contribution in [0, 0.1) is 11.6 Å². The van der Waals surface area contributed by atoms with Crippen LogP contribution in [-0.4, -0.2) is 17.3 Å². The second-order valence-electron chi connectivity index (χ2n) is 5.39. The number of halogens is 2. The van der Waals surface area contributed by atoms with Gasteiger partial charge in [0.25, 0.3) is 5.71 Å². The first-order chi connectivity index (χ1) is 12.7. The third-order valence-corrected chi connectivity index (χ3v) is 3.80. The highest BCUT2D eigenvalue weighted by atomic mass is 19.1. The molecule has 0 aliphatic carbocycles. The molecule has 5 nitrogen and oxygen atoms in total. The number of fused-ring (bicyclic) bond motifs is 1. The maximum Gasteiger partial charge on any atom is 0.261 e. The Bertz CT molecular complexity index is 1080. The summed E-state index contributed by atoms with van der Waals surface area (Å²) in [5.41, 5.74) is 1.47. The molecular formula is C19H12F2N2O3. The van der Waals surface area contributed by atoms with E-state index in [9.17, 15) is 8.78 Å². The van der Waals surface area contributed by atoms with Gasteiger partial charge in [0.1, 0.15) is 11.4 Å². The zero-order valence-corrected chi connectivity index (χ0v) is 13.6. The molecule has 0 spiro atoms. The molecule has 4 rings (SSSR count). The van der Waals surface area contributed by atoms with Gasteiger partial charge in [-0.1, -0.05) is 23.4 Å². The minimum Gasteiger partial charge on any atom is -0.496 e. The lowest BCUT2D eigenvalue weighted by molar-refractivity contribution is 0.391. The van der Waals surface area contributed by atoms with Gasteiger partial charge in [-0.25, -0.2) is 8.78 Å². The van der Waals surface area contributed by atoms with Crippen molar-refractivity contribution in [2.24, 2.45) is 0 Å². The third-order valence-electron chi connectivity index (χ3n) is 3.80. The summed E-state index contributed by atoms with van der Waals surface area (Å²) in [6.07, 6.45) is 0. The number of ether oxygens (including phenoxy) is 2. The number of hydrogen-bond acceptors (Lipinski definition) is 5. The number of hydrogen-bond donors (Lipinski definition) is 0. The van der Waals surface area contributed by atoms with Crippen LogP contribution in [-0.2, 0) is 0 Å². The summed E-state index contributed by atoms with van der Waals surface area (Å²) in [6, 6.07) is 14.0. The van der Waals surface area contributed by atoms with Crippen LogP contribution >= 0.6 is 0 Å². The van der Waals surface area contributed by atoms with Crippen LogP contribution in [0.5, 0.6) is 17.4 Å². The number of methoxy groups -OCH3 is 1. The van der Waals surface area contributed by atoms with Crippen LogP contribution in [0.15, 0.2) is 59.1 Å². The summed E-state index contributed by atoms with van der Waals surface area (Å²) >= 11 is 0. The van der Waals surface area contributed by atoms with Crippen LogP contribution in [0.2, 0.25) is 0 Å². The summed E-state index contributed by atoms with van der Waals surface area (Å²) < 4.78 is 43.3. The minimum absolute atomic E-state index is 0.00998. The maximum atomic E-state index is 13.7. The normalized spacial score (nSPS) is 10.9. The standard InChI is InChI=1S/C19H12F2N2O3/c1-24-15-8-3-2-5-11(15)17-12-9-10-16(22-19(12)26-23-17)25-18-13(20)6-4-7-14(18)21/h2-10H,1H3. The molecular weight excluding hydrogens is 342 g/mol. The van der Waals surface area contributed by atoms with Crippen LogP contribution in [0.25, 0.3) is 22.4 Å². The zero-order chi connectivity index (χ0) is 18.1. The van der Waals surface area contributed by atoms with Crippen molar-refractivity contribution in [3.8, 4) is 28.6 Å². The number of aromatic nitrogens is 2.